The Morgan fingerprint density at radius 3 is 2.04 bits per heavy atom. The Hall–Kier alpha value is -7.86. The first kappa shape index (κ1) is 38.4. The number of aliphatic imine (C=N–C) groups is 2. The molecule has 1 aliphatic carbocycles. The van der Waals surface area contributed by atoms with Crippen LogP contribution in [0.5, 0.6) is 0 Å². The zero-order chi connectivity index (χ0) is 44.2. The van der Waals surface area contributed by atoms with E-state index < -0.39 is 0 Å². The number of amidine groups is 1. The van der Waals surface area contributed by atoms with Crippen LogP contribution in [0.1, 0.15) is 59.1 Å². The molecule has 12 aromatic rings. The molecule has 0 fully saturated rings. The third kappa shape index (κ3) is 6.11. The molecule has 0 bridgehead atoms. The number of allylic oxidation sites excluding steroid dienone is 1. The van der Waals surface area contributed by atoms with Crippen LogP contribution in [0.4, 0.5) is 0 Å². The van der Waals surface area contributed by atoms with Crippen LogP contribution >= 0.6 is 11.3 Å². The number of nitrogens with zero attached hydrogens (tertiary/aromatic N) is 2. The van der Waals surface area contributed by atoms with Crippen LogP contribution in [-0.4, -0.2) is 11.5 Å². The summed E-state index contributed by atoms with van der Waals surface area (Å²) in [5.41, 5.74) is 15.1. The highest BCUT2D eigenvalue weighted by atomic mass is 32.1. The second-order valence-electron chi connectivity index (χ2n) is 18.3. The number of hydrogen-bond donors (Lipinski definition) is 0. The van der Waals surface area contributed by atoms with Crippen LogP contribution in [0.15, 0.2) is 207 Å². The van der Waals surface area contributed by atoms with Crippen LogP contribution in [0.3, 0.4) is 0 Å². The van der Waals surface area contributed by atoms with Gasteiger partial charge in [0.2, 0.25) is 0 Å². The molecule has 2 unspecified atom stereocenters. The van der Waals surface area contributed by atoms with Gasteiger partial charge in [0.25, 0.3) is 0 Å². The van der Waals surface area contributed by atoms with Crippen molar-refractivity contribution >= 4 is 103 Å². The maximum Gasteiger partial charge on any atom is 0.160 e. The van der Waals surface area contributed by atoms with E-state index in [1.807, 2.05) is 23.5 Å². The molecule has 4 heterocycles. The molecule has 2 aliphatic rings. The van der Waals surface area contributed by atoms with Crippen LogP contribution in [-0.2, 0) is 6.42 Å². The Labute approximate surface area is 390 Å². The van der Waals surface area contributed by atoms with E-state index in [-0.39, 0.29) is 11.8 Å². The average molecular weight is 879 g/mol. The molecule has 0 radical (unpaired) electrons. The highest BCUT2D eigenvalue weighted by Crippen LogP contribution is 2.47. The molecule has 3 aromatic heterocycles. The minimum atomic E-state index is 0.0616. The summed E-state index contributed by atoms with van der Waals surface area (Å²) in [6, 6.07) is 65.8. The number of rotatable bonds is 4. The van der Waals surface area contributed by atoms with Crippen LogP contribution in [0.2, 0.25) is 0 Å². The number of fused-ring (bicyclic) bond motifs is 13. The molecule has 0 amide bonds. The molecule has 0 saturated carbocycles. The number of hydrogen-bond acceptors (Lipinski definition) is 5. The smallest absolute Gasteiger partial charge is 0.160 e. The third-order valence-electron chi connectivity index (χ3n) is 14.4. The van der Waals surface area contributed by atoms with Crippen molar-refractivity contribution in [3.8, 4) is 11.1 Å². The summed E-state index contributed by atoms with van der Waals surface area (Å²) in [6.45, 7) is 2.33. The van der Waals surface area contributed by atoms with E-state index >= 15 is 0 Å². The van der Waals surface area contributed by atoms with Crippen molar-refractivity contribution in [1.29, 1.82) is 0 Å². The molecule has 1 aliphatic heterocycles. The van der Waals surface area contributed by atoms with Gasteiger partial charge in [-0.15, -0.1) is 11.3 Å². The number of benzene rings is 9. The predicted octanol–water partition coefficient (Wildman–Crippen LogP) is 17.1. The van der Waals surface area contributed by atoms with E-state index in [0.29, 0.717) is 5.84 Å². The van der Waals surface area contributed by atoms with Crippen LogP contribution in [0.25, 0.3) is 91.6 Å². The quantitative estimate of drug-likeness (QED) is 0.177. The standard InChI is InChI=1S/C62H42N2O2S/c1-36-28-31-52(63-62(47-22-12-25-55-59(47)44-19-7-10-24-54(44)65-55)64-61(36)46-21-13-27-58-60(46)45-20-8-11-26-57(45)67-58)50-34-51-43-18-6-9-23-53(43)66-56(51)35-49(50)42-30-29-39-32-37-14-2-3-15-38(37)33-48(39)41-17-5-4-16-40(41)42/h2-27,31-36,42H,28-30H2,1H3/b52-31+,63-62?,64-61?. The zero-order valence-electron chi connectivity index (χ0n) is 36.8. The fraction of sp³-hybridized carbons (Fsp3) is 0.0968. The molecule has 4 nitrogen and oxygen atoms in total. The molecule has 318 valence electrons. The van der Waals surface area contributed by atoms with Crippen molar-refractivity contribution in [2.45, 2.75) is 32.1 Å². The van der Waals surface area contributed by atoms with E-state index in [4.69, 9.17) is 18.8 Å². The molecule has 0 saturated heterocycles. The highest BCUT2D eigenvalue weighted by molar-refractivity contribution is 7.25. The van der Waals surface area contributed by atoms with E-state index in [1.54, 1.807) is 0 Å². The predicted molar refractivity (Wildman–Crippen MR) is 281 cm³/mol. The van der Waals surface area contributed by atoms with Crippen molar-refractivity contribution < 1.29 is 8.83 Å². The topological polar surface area (TPSA) is 51.0 Å². The first-order valence-electron chi connectivity index (χ1n) is 23.4. The minimum Gasteiger partial charge on any atom is -0.456 e. The minimum absolute atomic E-state index is 0.0616. The summed E-state index contributed by atoms with van der Waals surface area (Å²) >= 11 is 1.84. The number of thiophene rings is 1. The van der Waals surface area contributed by atoms with E-state index in [9.17, 15) is 0 Å². The number of aryl methyl sites for hydroxylation is 1. The summed E-state index contributed by atoms with van der Waals surface area (Å²) in [5.74, 6) is 0.797. The van der Waals surface area contributed by atoms with Crippen molar-refractivity contribution in [3.63, 3.8) is 0 Å². The van der Waals surface area contributed by atoms with Gasteiger partial charge in [-0.2, -0.15) is 0 Å². The van der Waals surface area contributed by atoms with Gasteiger partial charge in [-0.05, 0) is 106 Å². The SMILES string of the molecule is CC1C/C=C(\c2cc3c(cc2C2CCc4cc5ccccc5cc4-c4ccccc42)oc2ccccc23)N=C(c2cccc3oc4ccccc4c23)N=C1c1cccc2sc3ccccc3c12. The Kier molecular flexibility index (Phi) is 8.65. The molecule has 2 atom stereocenters. The van der Waals surface area contributed by atoms with E-state index in [2.05, 4.69) is 183 Å². The lowest BCUT2D eigenvalue weighted by Crippen LogP contribution is -2.17. The monoisotopic (exact) mass is 878 g/mol. The molecule has 67 heavy (non-hydrogen) atoms. The van der Waals surface area contributed by atoms with Crippen molar-refractivity contribution in [3.05, 3.63) is 221 Å². The van der Waals surface area contributed by atoms with Crippen molar-refractivity contribution in [1.82, 2.24) is 0 Å². The van der Waals surface area contributed by atoms with Crippen LogP contribution in [0, 0.1) is 5.92 Å². The fourth-order valence-corrected chi connectivity index (χ4v) is 12.4. The summed E-state index contributed by atoms with van der Waals surface area (Å²) in [6.07, 6.45) is 5.01. The van der Waals surface area contributed by atoms with Gasteiger partial charge in [-0.3, -0.25) is 0 Å². The average Bonchev–Trinajstić information content (AvgIpc) is 4.03. The Morgan fingerprint density at radius 1 is 0.478 bits per heavy atom. The van der Waals surface area contributed by atoms with Gasteiger partial charge in [0.1, 0.15) is 22.3 Å². The molecule has 0 spiro atoms. The first-order chi connectivity index (χ1) is 33.1. The molecule has 0 N–H and O–H groups in total. The molecule has 14 rings (SSSR count). The maximum atomic E-state index is 6.73. The fourth-order valence-electron chi connectivity index (χ4n) is 11.2. The van der Waals surface area contributed by atoms with Crippen LogP contribution < -0.4 is 0 Å². The highest BCUT2D eigenvalue weighted by Gasteiger charge is 2.30. The van der Waals surface area contributed by atoms with Gasteiger partial charge in [-0.25, -0.2) is 9.98 Å². The lowest BCUT2D eigenvalue weighted by atomic mass is 9.82. The lowest BCUT2D eigenvalue weighted by molar-refractivity contribution is 0.665. The third-order valence-corrected chi connectivity index (χ3v) is 15.5. The van der Waals surface area contributed by atoms with Crippen molar-refractivity contribution in [2.75, 3.05) is 0 Å². The maximum absolute atomic E-state index is 6.73. The number of para-hydroxylation sites is 2. The normalized spacial score (nSPS) is 17.3. The molecule has 9 aromatic carbocycles. The largest absolute Gasteiger partial charge is 0.456 e. The first-order valence-corrected chi connectivity index (χ1v) is 24.2. The second-order valence-corrected chi connectivity index (χ2v) is 19.4. The lowest BCUT2D eigenvalue weighted by Gasteiger charge is -2.24. The molecule has 5 heteroatoms. The number of furan rings is 2. The van der Waals surface area contributed by atoms with Crippen molar-refractivity contribution in [2.24, 2.45) is 15.9 Å². The van der Waals surface area contributed by atoms with E-state index in [1.165, 1.54) is 58.8 Å². The van der Waals surface area contributed by atoms with Gasteiger partial charge in [-0.1, -0.05) is 146 Å². The molecular weight excluding hydrogens is 837 g/mol. The van der Waals surface area contributed by atoms with E-state index in [0.717, 1.165) is 91.2 Å². The van der Waals surface area contributed by atoms with Gasteiger partial charge < -0.3 is 8.83 Å². The Balaban J connectivity index is 1.04. The van der Waals surface area contributed by atoms with Gasteiger partial charge >= 0.3 is 0 Å². The summed E-state index contributed by atoms with van der Waals surface area (Å²) in [7, 11) is 0. The summed E-state index contributed by atoms with van der Waals surface area (Å²) in [4.78, 5) is 11.7. The Bertz CT molecular complexity index is 4120. The van der Waals surface area contributed by atoms with Gasteiger partial charge in [0.05, 0.1) is 11.4 Å². The van der Waals surface area contributed by atoms with Gasteiger partial charge in [0.15, 0.2) is 5.84 Å². The van der Waals surface area contributed by atoms with Gasteiger partial charge in [0, 0.05) is 70.2 Å². The zero-order valence-corrected chi connectivity index (χ0v) is 37.6. The summed E-state index contributed by atoms with van der Waals surface area (Å²) < 4.78 is 15.8. The molecular formula is C62H42N2O2S. The Morgan fingerprint density at radius 2 is 1.15 bits per heavy atom. The summed E-state index contributed by atoms with van der Waals surface area (Å²) in [5, 5.41) is 9.31. The second kappa shape index (κ2) is 15.1.